The summed E-state index contributed by atoms with van der Waals surface area (Å²) in [5.74, 6) is 0. The maximum Gasteiger partial charge on any atom is 0.0134 e. The number of nitrogens with one attached hydrogen (secondary N) is 1. The average Bonchev–Trinajstić information content (AvgIpc) is 2.99. The first-order chi connectivity index (χ1) is 22.4. The number of hydrogen-bond donors (Lipinski definition) is 1. The summed E-state index contributed by atoms with van der Waals surface area (Å²) in [7, 11) is 2.00. The molecule has 48 heavy (non-hydrogen) atoms. The lowest BCUT2D eigenvalue weighted by atomic mass is 10.0. The minimum absolute atomic E-state index is 0. The van der Waals surface area contributed by atoms with E-state index in [1.54, 1.807) is 0 Å². The molecule has 0 fully saturated rings. The summed E-state index contributed by atoms with van der Waals surface area (Å²) >= 11 is 0. The maximum atomic E-state index is 3.19. The van der Waals surface area contributed by atoms with Gasteiger partial charge in [-0.15, -0.1) is 12.4 Å². The first kappa shape index (κ1) is 48.0. The van der Waals surface area contributed by atoms with E-state index in [0.717, 1.165) is 38.6 Å². The summed E-state index contributed by atoms with van der Waals surface area (Å²) in [6, 6.07) is 0. The van der Waals surface area contributed by atoms with Gasteiger partial charge < -0.3 is 5.32 Å². The lowest BCUT2D eigenvalue weighted by Gasteiger charge is -2.04. The molecule has 0 aromatic carbocycles. The van der Waals surface area contributed by atoms with Crippen LogP contribution in [0, 0.1) is 0 Å². The van der Waals surface area contributed by atoms with E-state index in [0.29, 0.717) is 0 Å². The Morgan fingerprint density at radius 3 is 0.688 bits per heavy atom. The van der Waals surface area contributed by atoms with Crippen LogP contribution in [0.15, 0.2) is 105 Å². The minimum Gasteiger partial charge on any atom is -0.316 e. The van der Waals surface area contributed by atoms with Crippen LogP contribution in [-0.4, -0.2) is 13.6 Å². The molecule has 0 bridgehead atoms. The Bertz CT molecular complexity index is 1120. The average molecular weight is 681 g/mol. The smallest absolute Gasteiger partial charge is 0.0134 e. The van der Waals surface area contributed by atoms with Gasteiger partial charge in [-0.2, -0.15) is 0 Å². The summed E-state index contributed by atoms with van der Waals surface area (Å²) in [5.41, 5.74) is 13.6. The zero-order valence-corrected chi connectivity index (χ0v) is 34.4. The fourth-order valence-corrected chi connectivity index (χ4v) is 5.50. The number of halogens is 1. The molecule has 0 amide bonds. The molecule has 0 saturated heterocycles. The van der Waals surface area contributed by atoms with Gasteiger partial charge in [0, 0.05) is 6.54 Å². The highest BCUT2D eigenvalue weighted by atomic mass is 35.5. The van der Waals surface area contributed by atoms with E-state index in [1.807, 2.05) is 7.05 Å². The van der Waals surface area contributed by atoms with Crippen molar-refractivity contribution in [3.63, 3.8) is 0 Å². The van der Waals surface area contributed by atoms with Crippen LogP contribution >= 0.6 is 12.4 Å². The Morgan fingerprint density at radius 2 is 0.500 bits per heavy atom. The standard InChI is InChI=1S/C46H77N.ClH/c1-38(2)20-12-21-39(3)22-13-23-40(4)24-14-25-41(5)26-15-27-42(6)28-16-29-43(7)30-17-31-44(8)32-18-33-45(9)34-19-35-46(10)36-37-47-11;/h20,22,24,26,28,30,32,34,36,47H,12-19,21,23,25,27,29,31,33,35,37H2,1-11H3;1H/b39-22+,40-24+,41-26+,42-28+,43-30+,44-32+,45-34+,46-36+;. The molecule has 0 heterocycles. The van der Waals surface area contributed by atoms with Crippen LogP contribution in [0.5, 0.6) is 0 Å². The Balaban J connectivity index is 0. The molecule has 0 aliphatic rings. The van der Waals surface area contributed by atoms with Crippen molar-refractivity contribution in [2.45, 2.75) is 172 Å². The summed E-state index contributed by atoms with van der Waals surface area (Å²) in [4.78, 5) is 0. The van der Waals surface area contributed by atoms with Crippen molar-refractivity contribution in [3.8, 4) is 0 Å². The molecule has 0 aromatic heterocycles. The van der Waals surface area contributed by atoms with Crippen molar-refractivity contribution in [2.24, 2.45) is 0 Å². The summed E-state index contributed by atoms with van der Waals surface area (Å²) in [5, 5.41) is 3.19. The van der Waals surface area contributed by atoms with Gasteiger partial charge in [0.2, 0.25) is 0 Å². The van der Waals surface area contributed by atoms with Gasteiger partial charge in [-0.3, -0.25) is 0 Å². The highest BCUT2D eigenvalue weighted by Gasteiger charge is 1.97. The van der Waals surface area contributed by atoms with E-state index in [4.69, 9.17) is 0 Å². The van der Waals surface area contributed by atoms with Gasteiger partial charge in [0.15, 0.2) is 0 Å². The molecule has 0 unspecified atom stereocenters. The summed E-state index contributed by atoms with van der Waals surface area (Å²) in [6.45, 7) is 23.6. The quantitative estimate of drug-likeness (QED) is 0.0897. The molecule has 0 aliphatic carbocycles. The van der Waals surface area contributed by atoms with Crippen LogP contribution in [-0.2, 0) is 0 Å². The molecular formula is C46H78ClN. The second-order valence-corrected chi connectivity index (χ2v) is 14.6. The number of rotatable bonds is 26. The van der Waals surface area contributed by atoms with Crippen LogP contribution in [0.25, 0.3) is 0 Å². The highest BCUT2D eigenvalue weighted by molar-refractivity contribution is 5.85. The van der Waals surface area contributed by atoms with E-state index in [9.17, 15) is 0 Å². The first-order valence-corrected chi connectivity index (χ1v) is 19.0. The normalized spacial score (nSPS) is 14.4. The second kappa shape index (κ2) is 32.1. The third-order valence-electron chi connectivity index (χ3n) is 8.97. The molecule has 1 nitrogen and oxygen atoms in total. The Labute approximate surface area is 307 Å². The molecule has 2 heteroatoms. The predicted octanol–water partition coefficient (Wildman–Crippen LogP) is 15.4. The van der Waals surface area contributed by atoms with Crippen LogP contribution in [0.4, 0.5) is 0 Å². The van der Waals surface area contributed by atoms with Crippen molar-refractivity contribution < 1.29 is 0 Å². The summed E-state index contributed by atoms with van der Waals surface area (Å²) < 4.78 is 0. The van der Waals surface area contributed by atoms with E-state index < -0.39 is 0 Å². The Morgan fingerprint density at radius 1 is 0.312 bits per heavy atom. The molecule has 0 saturated carbocycles. The lowest BCUT2D eigenvalue weighted by molar-refractivity contribution is 0.876. The SMILES string of the molecule is CNC/C=C(\C)CC/C=C(\C)CC/C=C(\C)CC/C=C(\C)CC/C=C(\C)CC/C=C(\C)CC/C=C(\C)CC/C=C(\C)CCC=C(C)C.Cl. The zero-order valence-electron chi connectivity index (χ0n) is 33.6. The maximum absolute atomic E-state index is 3.19. The second-order valence-electron chi connectivity index (χ2n) is 14.6. The number of allylic oxidation sites excluding steroid dienone is 17. The Kier molecular flexibility index (Phi) is 32.2. The third kappa shape index (κ3) is 32.5. The largest absolute Gasteiger partial charge is 0.316 e. The van der Waals surface area contributed by atoms with Crippen molar-refractivity contribution in [1.82, 2.24) is 5.32 Å². The van der Waals surface area contributed by atoms with Crippen LogP contribution in [0.2, 0.25) is 0 Å². The van der Waals surface area contributed by atoms with Gasteiger partial charge >= 0.3 is 0 Å². The van der Waals surface area contributed by atoms with Gasteiger partial charge in [0.1, 0.15) is 0 Å². The molecule has 0 spiro atoms. The fourth-order valence-electron chi connectivity index (χ4n) is 5.50. The fraction of sp³-hybridized carbons (Fsp3) is 0.609. The highest BCUT2D eigenvalue weighted by Crippen LogP contribution is 2.17. The molecule has 1 N–H and O–H groups in total. The minimum atomic E-state index is 0. The molecule has 0 radical (unpaired) electrons. The van der Waals surface area contributed by atoms with Gasteiger partial charge in [-0.05, 0) is 179 Å². The van der Waals surface area contributed by atoms with Crippen molar-refractivity contribution in [3.05, 3.63) is 105 Å². The van der Waals surface area contributed by atoms with Crippen molar-refractivity contribution in [2.75, 3.05) is 13.6 Å². The molecule has 0 atom stereocenters. The monoisotopic (exact) mass is 680 g/mol. The van der Waals surface area contributed by atoms with Crippen LogP contribution in [0.1, 0.15) is 172 Å². The van der Waals surface area contributed by atoms with Crippen molar-refractivity contribution in [1.29, 1.82) is 0 Å². The Hall–Kier alpha value is -2.09. The van der Waals surface area contributed by atoms with E-state index in [-0.39, 0.29) is 12.4 Å². The van der Waals surface area contributed by atoms with Gasteiger partial charge in [-0.25, -0.2) is 0 Å². The topological polar surface area (TPSA) is 12.0 Å². The first-order valence-electron chi connectivity index (χ1n) is 19.0. The van der Waals surface area contributed by atoms with Crippen LogP contribution < -0.4 is 5.32 Å². The van der Waals surface area contributed by atoms with Crippen LogP contribution in [0.3, 0.4) is 0 Å². The van der Waals surface area contributed by atoms with Gasteiger partial charge in [0.25, 0.3) is 0 Å². The number of likely N-dealkylation sites (N-methyl/N-ethyl adjacent to an activating group) is 1. The molecule has 0 aromatic rings. The number of hydrogen-bond acceptors (Lipinski definition) is 1. The zero-order chi connectivity index (χ0) is 35.3. The van der Waals surface area contributed by atoms with E-state index in [1.165, 1.54) is 121 Å². The molecule has 0 rings (SSSR count). The molecular weight excluding hydrogens is 602 g/mol. The predicted molar refractivity (Wildman–Crippen MR) is 225 cm³/mol. The molecule has 274 valence electrons. The van der Waals surface area contributed by atoms with Gasteiger partial charge in [0.05, 0.1) is 0 Å². The molecule has 0 aliphatic heterocycles. The van der Waals surface area contributed by atoms with Gasteiger partial charge in [-0.1, -0.05) is 105 Å². The summed E-state index contributed by atoms with van der Waals surface area (Å²) in [6.07, 6.45) is 40.6. The van der Waals surface area contributed by atoms with E-state index in [2.05, 4.69) is 129 Å². The third-order valence-corrected chi connectivity index (χ3v) is 8.97. The lowest BCUT2D eigenvalue weighted by Crippen LogP contribution is -2.04. The van der Waals surface area contributed by atoms with E-state index >= 15 is 0 Å². The van der Waals surface area contributed by atoms with Crippen molar-refractivity contribution >= 4 is 12.4 Å².